The summed E-state index contributed by atoms with van der Waals surface area (Å²) in [5, 5.41) is -0.248. The van der Waals surface area contributed by atoms with Gasteiger partial charge in [-0.1, -0.05) is 18.2 Å². The molecule has 0 spiro atoms. The molecule has 0 radical (unpaired) electrons. The highest BCUT2D eigenvalue weighted by atomic mass is 19.4. The molecule has 2 aliphatic rings. The highest BCUT2D eigenvalue weighted by Gasteiger charge is 2.36. The Morgan fingerprint density at radius 3 is 1.89 bits per heavy atom. The number of carbonyl (C=O) groups excluding carboxylic acids is 2. The summed E-state index contributed by atoms with van der Waals surface area (Å²) >= 11 is 0. The highest BCUT2D eigenvalue weighted by Crippen LogP contribution is 2.35. The first-order chi connectivity index (χ1) is 13.3. The number of halogens is 3. The molecule has 6 nitrogen and oxygen atoms in total. The molecular formula is C19H15F3N4O2. The van der Waals surface area contributed by atoms with Crippen molar-refractivity contribution in [3.63, 3.8) is 0 Å². The Bertz CT molecular complexity index is 1060. The zero-order valence-electron chi connectivity index (χ0n) is 14.6. The molecule has 2 amide bonds. The number of alkyl halides is 3. The normalized spacial score (nSPS) is 17.1. The van der Waals surface area contributed by atoms with Crippen LogP contribution in [0, 0.1) is 0 Å². The van der Waals surface area contributed by atoms with Crippen molar-refractivity contribution in [3.8, 4) is 0 Å². The van der Waals surface area contributed by atoms with Crippen LogP contribution in [-0.2, 0) is 15.8 Å². The van der Waals surface area contributed by atoms with E-state index in [1.807, 2.05) is 30.3 Å². The fraction of sp³-hybridized carbons (Fsp3) is 0.263. The van der Waals surface area contributed by atoms with E-state index in [1.165, 1.54) is 6.07 Å². The largest absolute Gasteiger partial charge is 0.418 e. The van der Waals surface area contributed by atoms with Gasteiger partial charge in [0.25, 0.3) is 0 Å². The van der Waals surface area contributed by atoms with Crippen LogP contribution in [0.3, 0.4) is 0 Å². The van der Waals surface area contributed by atoms with E-state index in [0.717, 1.165) is 11.8 Å². The molecule has 2 aromatic carbocycles. The van der Waals surface area contributed by atoms with Crippen molar-refractivity contribution < 1.29 is 22.8 Å². The van der Waals surface area contributed by atoms with Gasteiger partial charge in [0, 0.05) is 31.9 Å². The average molecular weight is 388 g/mol. The van der Waals surface area contributed by atoms with Gasteiger partial charge in [0.1, 0.15) is 0 Å². The summed E-state index contributed by atoms with van der Waals surface area (Å²) < 4.78 is 40.9. The molecule has 0 N–H and O–H groups in total. The zero-order valence-corrected chi connectivity index (χ0v) is 14.6. The predicted molar refractivity (Wildman–Crippen MR) is 94.6 cm³/mol. The highest BCUT2D eigenvalue weighted by molar-refractivity contribution is 6.36. The van der Waals surface area contributed by atoms with Crippen molar-refractivity contribution >= 4 is 23.2 Å². The molecule has 1 saturated heterocycles. The molecule has 0 aliphatic carbocycles. The minimum Gasteiger partial charge on any atom is -0.368 e. The number of para-hydroxylation sites is 1. The first kappa shape index (κ1) is 18.1. The summed E-state index contributed by atoms with van der Waals surface area (Å²) in [7, 11) is 0. The van der Waals surface area contributed by atoms with Gasteiger partial charge in [0.15, 0.2) is 0 Å². The quantitative estimate of drug-likeness (QED) is 0.729. The maximum absolute atomic E-state index is 13.6. The van der Waals surface area contributed by atoms with Gasteiger partial charge in [0.2, 0.25) is 0 Å². The Morgan fingerprint density at radius 2 is 1.32 bits per heavy atom. The molecule has 0 saturated carbocycles. The van der Waals surface area contributed by atoms with Gasteiger partial charge in [-0.05, 0) is 24.3 Å². The first-order valence-electron chi connectivity index (χ1n) is 8.65. The number of hydrogen-bond acceptors (Lipinski definition) is 4. The van der Waals surface area contributed by atoms with Gasteiger partial charge in [-0.2, -0.15) is 13.2 Å². The lowest BCUT2D eigenvalue weighted by Crippen LogP contribution is -2.48. The van der Waals surface area contributed by atoms with E-state index >= 15 is 0 Å². The van der Waals surface area contributed by atoms with Crippen LogP contribution in [0.1, 0.15) is 5.56 Å². The summed E-state index contributed by atoms with van der Waals surface area (Å²) in [5.74, 6) is -2.24. The molecule has 0 bridgehead atoms. The van der Waals surface area contributed by atoms with E-state index < -0.39 is 23.6 Å². The Balaban J connectivity index is 1.69. The van der Waals surface area contributed by atoms with Crippen molar-refractivity contribution in [2.75, 3.05) is 36.0 Å². The summed E-state index contributed by atoms with van der Waals surface area (Å²) in [6, 6.07) is 11.6. The van der Waals surface area contributed by atoms with Crippen LogP contribution in [0.5, 0.6) is 0 Å². The lowest BCUT2D eigenvalue weighted by Gasteiger charge is -2.38. The van der Waals surface area contributed by atoms with Gasteiger partial charge < -0.3 is 9.80 Å². The van der Waals surface area contributed by atoms with E-state index in [1.54, 1.807) is 4.90 Å². The lowest BCUT2D eigenvalue weighted by atomic mass is 10.1. The lowest BCUT2D eigenvalue weighted by molar-refractivity contribution is -0.137. The second-order valence-electron chi connectivity index (χ2n) is 6.50. The monoisotopic (exact) mass is 388 g/mol. The molecule has 2 aliphatic heterocycles. The molecule has 0 atom stereocenters. The molecule has 28 heavy (non-hydrogen) atoms. The van der Waals surface area contributed by atoms with E-state index in [-0.39, 0.29) is 16.4 Å². The summed E-state index contributed by atoms with van der Waals surface area (Å²) in [6.07, 6.45) is -4.62. The number of anilines is 2. The van der Waals surface area contributed by atoms with Gasteiger partial charge in [-0.3, -0.25) is 9.59 Å². The van der Waals surface area contributed by atoms with Gasteiger partial charge >= 0.3 is 18.0 Å². The van der Waals surface area contributed by atoms with E-state index in [9.17, 15) is 22.8 Å². The van der Waals surface area contributed by atoms with Gasteiger partial charge in [-0.25, -0.2) is 9.98 Å². The zero-order chi connectivity index (χ0) is 19.9. The fourth-order valence-electron chi connectivity index (χ4n) is 3.39. The number of amides is 2. The van der Waals surface area contributed by atoms with Gasteiger partial charge in [-0.15, -0.1) is 0 Å². The van der Waals surface area contributed by atoms with E-state index in [0.29, 0.717) is 26.2 Å². The topological polar surface area (TPSA) is 65.3 Å². The number of nitrogens with zero attached hydrogens (tertiary/aromatic N) is 4. The third kappa shape index (κ3) is 3.35. The molecule has 2 aromatic rings. The van der Waals surface area contributed by atoms with Gasteiger partial charge in [0.05, 0.1) is 22.0 Å². The third-order valence-electron chi connectivity index (χ3n) is 4.77. The summed E-state index contributed by atoms with van der Waals surface area (Å²) in [5.41, 5.74) is 0.0714. The number of hydrogen-bond donors (Lipinski definition) is 0. The fourth-order valence-corrected chi connectivity index (χ4v) is 3.39. The number of piperazine rings is 1. The van der Waals surface area contributed by atoms with Crippen LogP contribution in [0.2, 0.25) is 0 Å². The number of benzene rings is 2. The van der Waals surface area contributed by atoms with Crippen molar-refractivity contribution in [2.24, 2.45) is 9.98 Å². The molecule has 4 rings (SSSR count). The standard InChI is InChI=1S/C19H15F3N4O2/c20-19(21,22)13-10-14-15(24-18(28)17(27)23-14)11-16(13)26-8-6-25(7-9-26)12-4-2-1-3-5-12/h1-5,10-11H,6-9H2. The number of rotatable bonds is 2. The second kappa shape index (κ2) is 6.74. The average Bonchev–Trinajstić information content (AvgIpc) is 2.68. The summed E-state index contributed by atoms with van der Waals surface area (Å²) in [6.45, 7) is 1.86. The van der Waals surface area contributed by atoms with Crippen LogP contribution in [0.15, 0.2) is 52.4 Å². The minimum atomic E-state index is -4.62. The van der Waals surface area contributed by atoms with Crippen LogP contribution in [-0.4, -0.2) is 38.0 Å². The van der Waals surface area contributed by atoms with Crippen LogP contribution >= 0.6 is 0 Å². The summed E-state index contributed by atoms with van der Waals surface area (Å²) in [4.78, 5) is 33.6. The Morgan fingerprint density at radius 1 is 0.786 bits per heavy atom. The van der Waals surface area contributed by atoms with Crippen LogP contribution < -0.4 is 20.5 Å². The number of fused-ring (bicyclic) bond motifs is 1. The number of carbonyl (C=O) groups is 2. The first-order valence-corrected chi connectivity index (χ1v) is 8.65. The third-order valence-corrected chi connectivity index (χ3v) is 4.77. The maximum atomic E-state index is 13.6. The second-order valence-corrected chi connectivity index (χ2v) is 6.50. The minimum absolute atomic E-state index is 0.0157. The van der Waals surface area contributed by atoms with Crippen molar-refractivity contribution in [1.29, 1.82) is 0 Å². The van der Waals surface area contributed by atoms with E-state index in [2.05, 4.69) is 14.9 Å². The van der Waals surface area contributed by atoms with E-state index in [4.69, 9.17) is 0 Å². The molecule has 9 heteroatoms. The van der Waals surface area contributed by atoms with Crippen molar-refractivity contribution in [1.82, 2.24) is 0 Å². The van der Waals surface area contributed by atoms with Crippen LogP contribution in [0.25, 0.3) is 0 Å². The smallest absolute Gasteiger partial charge is 0.368 e. The maximum Gasteiger partial charge on any atom is 0.418 e. The Kier molecular flexibility index (Phi) is 4.37. The molecule has 0 unspecified atom stereocenters. The molecule has 0 aromatic heterocycles. The van der Waals surface area contributed by atoms with Crippen LogP contribution in [0.4, 0.5) is 24.5 Å². The molecule has 2 heterocycles. The Hall–Kier alpha value is -3.23. The molecule has 1 fully saturated rings. The Labute approximate surface area is 157 Å². The molecule has 144 valence electrons. The van der Waals surface area contributed by atoms with Crippen molar-refractivity contribution in [2.45, 2.75) is 6.18 Å². The van der Waals surface area contributed by atoms with Crippen molar-refractivity contribution in [3.05, 3.63) is 58.7 Å². The SMILES string of the molecule is O=C1N=c2cc(N3CCN(c4ccccc4)CC3)c(C(F)(F)F)cc2=NC1=O. The molecular weight excluding hydrogens is 373 g/mol. The predicted octanol–water partition coefficient (Wildman–Crippen LogP) is 1.34.